The van der Waals surface area contributed by atoms with Crippen molar-refractivity contribution in [1.29, 1.82) is 0 Å². The molecule has 1 rings (SSSR count). The third-order valence-electron chi connectivity index (χ3n) is 1.98. The number of halogens is 1. The Morgan fingerprint density at radius 3 is 2.69 bits per heavy atom. The maximum Gasteiger partial charge on any atom is 0.178 e. The van der Waals surface area contributed by atoms with Gasteiger partial charge in [0.1, 0.15) is 6.54 Å². The Kier molecular flexibility index (Phi) is 5.63. The molecule has 13 heavy (non-hydrogen) atoms. The third-order valence-corrected chi connectivity index (χ3v) is 1.98. The van der Waals surface area contributed by atoms with Crippen LogP contribution in [-0.4, -0.2) is 0 Å². The second-order valence-electron chi connectivity index (χ2n) is 3.00. The molecule has 1 aromatic heterocycles. The summed E-state index contributed by atoms with van der Waals surface area (Å²) in [6.07, 6.45) is 5.20. The van der Waals surface area contributed by atoms with E-state index in [1.807, 2.05) is 6.08 Å². The average molecular weight is 242 g/mol. The molecule has 1 heterocycles. The number of pyridine rings is 1. The molecule has 0 saturated carbocycles. The Bertz CT molecular complexity index is 281. The van der Waals surface area contributed by atoms with Crippen molar-refractivity contribution in [2.75, 3.05) is 0 Å². The lowest BCUT2D eigenvalue weighted by atomic mass is 10.2. The van der Waals surface area contributed by atoms with Crippen LogP contribution in [0, 0.1) is 6.92 Å². The molecule has 1 nitrogen and oxygen atoms in total. The van der Waals surface area contributed by atoms with Crippen LogP contribution >= 0.6 is 0 Å². The zero-order valence-electron chi connectivity index (χ0n) is 8.26. The van der Waals surface area contributed by atoms with E-state index in [1.165, 1.54) is 17.7 Å². The molecule has 0 aliphatic rings. The highest BCUT2D eigenvalue weighted by atomic mass is 79.9. The quantitative estimate of drug-likeness (QED) is 0.620. The predicted molar refractivity (Wildman–Crippen MR) is 51.8 cm³/mol. The van der Waals surface area contributed by atoms with Crippen LogP contribution in [0.25, 0.3) is 6.08 Å². The summed E-state index contributed by atoms with van der Waals surface area (Å²) < 4.78 is 2.26. The average Bonchev–Trinajstić information content (AvgIpc) is 2.09. The first-order chi connectivity index (χ1) is 5.77. The highest BCUT2D eigenvalue weighted by Crippen LogP contribution is 1.99. The lowest BCUT2D eigenvalue weighted by Gasteiger charge is -1.98. The molecular weight excluding hydrogens is 226 g/mol. The molecule has 0 aliphatic heterocycles. The fourth-order valence-electron chi connectivity index (χ4n) is 1.24. The molecule has 0 amide bonds. The molecule has 0 aliphatic carbocycles. The van der Waals surface area contributed by atoms with Gasteiger partial charge < -0.3 is 17.0 Å². The number of nitrogens with zero attached hydrogens (tertiary/aromatic N) is 1. The van der Waals surface area contributed by atoms with Crippen molar-refractivity contribution in [3.63, 3.8) is 0 Å². The van der Waals surface area contributed by atoms with E-state index in [9.17, 15) is 0 Å². The second-order valence-corrected chi connectivity index (χ2v) is 3.00. The minimum absolute atomic E-state index is 0. The van der Waals surface area contributed by atoms with Crippen LogP contribution in [0.2, 0.25) is 0 Å². The molecule has 72 valence electrons. The fraction of sp³-hybridized carbons (Fsp3) is 0.364. The lowest BCUT2D eigenvalue weighted by Crippen LogP contribution is -3.00. The molecule has 0 bridgehead atoms. The smallest absolute Gasteiger partial charge is 0.178 e. The van der Waals surface area contributed by atoms with Gasteiger partial charge in [0.05, 0.1) is 0 Å². The van der Waals surface area contributed by atoms with Gasteiger partial charge in [-0.1, -0.05) is 19.6 Å². The summed E-state index contributed by atoms with van der Waals surface area (Å²) in [6.45, 7) is 9.15. The van der Waals surface area contributed by atoms with Gasteiger partial charge in [-0.15, -0.1) is 0 Å². The van der Waals surface area contributed by atoms with E-state index in [0.717, 1.165) is 6.54 Å². The number of hydrogen-bond acceptors (Lipinski definition) is 0. The third kappa shape index (κ3) is 3.31. The fourth-order valence-corrected chi connectivity index (χ4v) is 1.24. The van der Waals surface area contributed by atoms with Gasteiger partial charge in [0.15, 0.2) is 11.9 Å². The topological polar surface area (TPSA) is 3.88 Å². The van der Waals surface area contributed by atoms with E-state index in [0.29, 0.717) is 0 Å². The van der Waals surface area contributed by atoms with Gasteiger partial charge in [-0.05, 0) is 6.07 Å². The van der Waals surface area contributed by atoms with Crippen LogP contribution in [0.4, 0.5) is 0 Å². The van der Waals surface area contributed by atoms with Crippen molar-refractivity contribution in [3.05, 3.63) is 36.2 Å². The van der Waals surface area contributed by atoms with Crippen molar-refractivity contribution >= 4 is 6.08 Å². The molecule has 1 aromatic rings. The van der Waals surface area contributed by atoms with Crippen molar-refractivity contribution in [2.45, 2.75) is 26.8 Å². The Labute approximate surface area is 90.9 Å². The zero-order chi connectivity index (χ0) is 8.97. The predicted octanol–water partition coefficient (Wildman–Crippen LogP) is -0.660. The van der Waals surface area contributed by atoms with Gasteiger partial charge in [-0.3, -0.25) is 0 Å². The van der Waals surface area contributed by atoms with Gasteiger partial charge in [-0.2, -0.15) is 0 Å². The summed E-state index contributed by atoms with van der Waals surface area (Å²) >= 11 is 0. The Hall–Kier alpha value is -0.630. The van der Waals surface area contributed by atoms with E-state index >= 15 is 0 Å². The first-order valence-corrected chi connectivity index (χ1v) is 4.40. The minimum Gasteiger partial charge on any atom is -1.00 e. The first-order valence-electron chi connectivity index (χ1n) is 4.40. The molecular formula is C11H16BrN. The van der Waals surface area contributed by atoms with E-state index in [1.54, 1.807) is 0 Å². The van der Waals surface area contributed by atoms with Gasteiger partial charge in [0, 0.05) is 25.0 Å². The standard InChI is InChI=1S/C11H16N.BrH/c1-4-8-12-9-11(5-2)7-6-10(12)3;/h5-7,9H,2,4,8H2,1,3H3;1H/q+1;/p-1. The molecule has 0 spiro atoms. The van der Waals surface area contributed by atoms with Crippen LogP contribution in [-0.2, 0) is 6.54 Å². The minimum atomic E-state index is 0. The van der Waals surface area contributed by atoms with Gasteiger partial charge >= 0.3 is 0 Å². The van der Waals surface area contributed by atoms with E-state index in [4.69, 9.17) is 0 Å². The summed E-state index contributed by atoms with van der Waals surface area (Å²) in [5.41, 5.74) is 2.50. The largest absolute Gasteiger partial charge is 1.00 e. The number of aryl methyl sites for hydroxylation is 2. The molecule has 0 unspecified atom stereocenters. The van der Waals surface area contributed by atoms with Gasteiger partial charge in [-0.25, -0.2) is 4.57 Å². The highest BCUT2D eigenvalue weighted by molar-refractivity contribution is 5.43. The lowest BCUT2D eigenvalue weighted by molar-refractivity contribution is -0.702. The summed E-state index contributed by atoms with van der Waals surface area (Å²) in [5.74, 6) is 0. The maximum atomic E-state index is 3.75. The van der Waals surface area contributed by atoms with E-state index in [-0.39, 0.29) is 17.0 Å². The van der Waals surface area contributed by atoms with Crippen LogP contribution in [0.3, 0.4) is 0 Å². The number of hydrogen-bond donors (Lipinski definition) is 0. The van der Waals surface area contributed by atoms with Crippen LogP contribution in [0.1, 0.15) is 24.6 Å². The molecule has 0 N–H and O–H groups in total. The Morgan fingerprint density at radius 1 is 1.46 bits per heavy atom. The Balaban J connectivity index is 0.00000144. The van der Waals surface area contributed by atoms with Crippen molar-refractivity contribution in [1.82, 2.24) is 0 Å². The molecule has 0 saturated heterocycles. The summed E-state index contributed by atoms with van der Waals surface area (Å²) in [5, 5.41) is 0. The van der Waals surface area contributed by atoms with Crippen molar-refractivity contribution in [3.8, 4) is 0 Å². The first kappa shape index (κ1) is 12.4. The molecule has 0 atom stereocenters. The Morgan fingerprint density at radius 2 is 2.15 bits per heavy atom. The SMILES string of the molecule is C=Cc1ccc(C)[n+](CCC)c1.[Br-]. The maximum absolute atomic E-state index is 3.75. The summed E-state index contributed by atoms with van der Waals surface area (Å²) in [7, 11) is 0. The molecule has 0 aromatic carbocycles. The summed E-state index contributed by atoms with van der Waals surface area (Å²) in [6, 6.07) is 4.22. The highest BCUT2D eigenvalue weighted by Gasteiger charge is 2.03. The van der Waals surface area contributed by atoms with E-state index < -0.39 is 0 Å². The molecule has 0 fully saturated rings. The summed E-state index contributed by atoms with van der Waals surface area (Å²) in [4.78, 5) is 0. The second kappa shape index (κ2) is 5.92. The van der Waals surface area contributed by atoms with Crippen LogP contribution in [0.15, 0.2) is 24.9 Å². The van der Waals surface area contributed by atoms with Crippen molar-refractivity contribution < 1.29 is 21.5 Å². The zero-order valence-corrected chi connectivity index (χ0v) is 9.84. The van der Waals surface area contributed by atoms with Crippen molar-refractivity contribution in [2.24, 2.45) is 0 Å². The monoisotopic (exact) mass is 241 g/mol. The molecule has 0 radical (unpaired) electrons. The van der Waals surface area contributed by atoms with E-state index in [2.05, 4.69) is 43.3 Å². The van der Waals surface area contributed by atoms with Gasteiger partial charge in [0.25, 0.3) is 0 Å². The number of aromatic nitrogens is 1. The molecule has 2 heteroatoms. The number of rotatable bonds is 3. The normalized spacial score (nSPS) is 9.08. The van der Waals surface area contributed by atoms with Gasteiger partial charge in [0.2, 0.25) is 0 Å². The van der Waals surface area contributed by atoms with Crippen LogP contribution < -0.4 is 21.5 Å². The van der Waals surface area contributed by atoms with Crippen LogP contribution in [0.5, 0.6) is 0 Å².